The van der Waals surface area contributed by atoms with Gasteiger partial charge >= 0.3 is 5.97 Å². The number of carboxylic acid groups (broad SMARTS) is 1. The molecule has 4 N–H and O–H groups in total. The molecule has 4 aromatic rings. The van der Waals surface area contributed by atoms with E-state index in [1.54, 1.807) is 6.20 Å². The number of hydrogen-bond donors (Lipinski definition) is 3. The highest BCUT2D eigenvalue weighted by atomic mass is 32.2. The van der Waals surface area contributed by atoms with Gasteiger partial charge in [0, 0.05) is 48.3 Å². The summed E-state index contributed by atoms with van der Waals surface area (Å²) in [5.74, 6) is -0.412. The van der Waals surface area contributed by atoms with E-state index in [4.69, 9.17) is 20.2 Å². The van der Waals surface area contributed by atoms with Crippen molar-refractivity contribution in [3.05, 3.63) is 94.7 Å². The van der Waals surface area contributed by atoms with Crippen LogP contribution in [0.25, 0.3) is 10.9 Å². The highest BCUT2D eigenvalue weighted by Crippen LogP contribution is 2.38. The molecule has 266 valence electrons. The summed E-state index contributed by atoms with van der Waals surface area (Å²) >= 11 is 1.82. The summed E-state index contributed by atoms with van der Waals surface area (Å²) in [4.78, 5) is 24.1. The average Bonchev–Trinajstić information content (AvgIpc) is 3.54. The van der Waals surface area contributed by atoms with Gasteiger partial charge in [0.1, 0.15) is 17.4 Å². The van der Waals surface area contributed by atoms with Crippen molar-refractivity contribution >= 4 is 40.3 Å². The van der Waals surface area contributed by atoms with Crippen LogP contribution in [0.4, 0.5) is 8.78 Å². The number of fused-ring (bicyclic) bond motifs is 5. The number of aromatic amines is 1. The smallest absolute Gasteiger partial charge is 0.309 e. The molecule has 2 heterocycles. The van der Waals surface area contributed by atoms with Crippen molar-refractivity contribution in [2.45, 2.75) is 58.3 Å². The highest BCUT2D eigenvalue weighted by Gasteiger charge is 2.33. The van der Waals surface area contributed by atoms with Crippen LogP contribution in [0.3, 0.4) is 0 Å². The minimum absolute atomic E-state index is 0.0130. The number of nitrogens with one attached hydrogen (secondary N) is 1. The van der Waals surface area contributed by atoms with Gasteiger partial charge in [-0.05, 0) is 84.9 Å². The molecule has 1 aliphatic rings. The third-order valence-corrected chi connectivity index (χ3v) is 11.0. The van der Waals surface area contributed by atoms with Crippen molar-refractivity contribution in [1.29, 1.82) is 0 Å². The first-order valence-electron chi connectivity index (χ1n) is 16.8. The second kappa shape index (κ2) is 15.8. The normalized spacial score (nSPS) is 20.3. The van der Waals surface area contributed by atoms with Crippen molar-refractivity contribution in [3.8, 4) is 11.5 Å². The fourth-order valence-corrected chi connectivity index (χ4v) is 7.78. The number of nitrogens with two attached hydrogens (primary N) is 1. The molecule has 3 aromatic carbocycles. The minimum atomic E-state index is -0.929. The number of halogens is 2. The van der Waals surface area contributed by atoms with Gasteiger partial charge in [-0.2, -0.15) is 11.8 Å². The van der Waals surface area contributed by atoms with Crippen molar-refractivity contribution in [1.82, 2.24) is 4.98 Å². The lowest BCUT2D eigenvalue weighted by Crippen LogP contribution is -2.40. The number of carbonyl (C=O) groups is 1. The van der Waals surface area contributed by atoms with E-state index in [1.165, 1.54) is 38.4 Å². The number of H-pyrrole nitrogens is 1. The van der Waals surface area contributed by atoms with Crippen LogP contribution in [-0.2, 0) is 27.8 Å². The fourth-order valence-electron chi connectivity index (χ4n) is 6.59. The molecule has 1 aromatic heterocycles. The first kappa shape index (κ1) is 37.0. The van der Waals surface area contributed by atoms with Gasteiger partial charge in [0.05, 0.1) is 18.1 Å². The van der Waals surface area contributed by atoms with Crippen LogP contribution in [0, 0.1) is 23.0 Å². The Morgan fingerprint density at radius 2 is 1.94 bits per heavy atom. The zero-order valence-electron chi connectivity index (χ0n) is 29.3. The lowest BCUT2D eigenvalue weighted by atomic mass is 9.74. The maximum Gasteiger partial charge on any atom is 0.309 e. The zero-order chi connectivity index (χ0) is 36.1. The van der Waals surface area contributed by atoms with Crippen LogP contribution in [0.2, 0.25) is 0 Å². The van der Waals surface area contributed by atoms with Gasteiger partial charge in [-0.3, -0.25) is 9.79 Å². The maximum absolute atomic E-state index is 15.6. The molecular formula is C39H46F2N4O4S. The summed E-state index contributed by atoms with van der Waals surface area (Å²) in [5.41, 5.74) is 9.30. The number of amidine groups is 2. The number of thioether (sulfide) groups is 1. The molecule has 5 rings (SSSR count). The van der Waals surface area contributed by atoms with Gasteiger partial charge in [-0.15, -0.1) is 0 Å². The molecule has 50 heavy (non-hydrogen) atoms. The summed E-state index contributed by atoms with van der Waals surface area (Å²) in [6, 6.07) is 15.3. The van der Waals surface area contributed by atoms with Crippen LogP contribution in [-0.4, -0.2) is 60.0 Å². The van der Waals surface area contributed by atoms with Gasteiger partial charge < -0.3 is 25.3 Å². The quantitative estimate of drug-likeness (QED) is 0.186. The lowest BCUT2D eigenvalue weighted by Gasteiger charge is -2.32. The molecule has 0 radical (unpaired) electrons. The van der Waals surface area contributed by atoms with Gasteiger partial charge in [-0.25, -0.2) is 13.8 Å². The van der Waals surface area contributed by atoms with Crippen molar-refractivity contribution < 1.29 is 28.2 Å². The molecular weight excluding hydrogens is 659 g/mol. The van der Waals surface area contributed by atoms with Crippen LogP contribution in [0.15, 0.2) is 70.8 Å². The molecule has 0 aliphatic carbocycles. The highest BCUT2D eigenvalue weighted by molar-refractivity contribution is 7.99. The number of aryl methyl sites for hydroxylation is 1. The van der Waals surface area contributed by atoms with Gasteiger partial charge in [-0.1, -0.05) is 44.5 Å². The number of hydrogen-bond acceptors (Lipinski definition) is 6. The summed E-state index contributed by atoms with van der Waals surface area (Å²) in [7, 11) is 3.00. The Morgan fingerprint density at radius 3 is 2.68 bits per heavy atom. The van der Waals surface area contributed by atoms with E-state index in [1.807, 2.05) is 49.0 Å². The Morgan fingerprint density at radius 1 is 1.14 bits per heavy atom. The topological polar surface area (TPSA) is 122 Å². The number of benzene rings is 3. The first-order chi connectivity index (χ1) is 23.8. The first-order valence-corrected chi connectivity index (χ1v) is 18.0. The molecule has 8 nitrogen and oxygen atoms in total. The number of carboxylic acids is 1. The van der Waals surface area contributed by atoms with E-state index in [-0.39, 0.29) is 47.2 Å². The van der Waals surface area contributed by atoms with Crippen molar-refractivity contribution in [2.75, 3.05) is 32.3 Å². The molecule has 0 fully saturated rings. The van der Waals surface area contributed by atoms with Gasteiger partial charge in [0.2, 0.25) is 0 Å². The van der Waals surface area contributed by atoms with E-state index >= 15 is 8.78 Å². The van der Waals surface area contributed by atoms with Gasteiger partial charge in [0.25, 0.3) is 0 Å². The minimum Gasteiger partial charge on any atom is -0.481 e. The maximum atomic E-state index is 15.6. The number of aromatic nitrogens is 1. The summed E-state index contributed by atoms with van der Waals surface area (Å²) in [6.07, 6.45) is 5.01. The standard InChI is InChI=1S/C39H46F2N4O4S/c1-38(2)14-7-15-39(3,26-9-6-8-24(19-26)18-25(22-48-5)36(46)47)37(42)45-35(43-4)30-20-27(10-11-31(30)40)49-34-29(13-17-50-23-38)28-12-16-44-33(28)21-32(34)41/h6,8-12,16,19-21,25,44H,7,13-15,17-18,22-23H2,1-5H3,(H,46,47)(H2,42,43,45). The molecule has 0 spiro atoms. The third kappa shape index (κ3) is 8.38. The summed E-state index contributed by atoms with van der Waals surface area (Å²) < 4.78 is 42.5. The second-order valence-corrected chi connectivity index (χ2v) is 15.0. The number of aliphatic imine (C=N–C) groups is 2. The third-order valence-electron chi connectivity index (χ3n) is 9.55. The van der Waals surface area contributed by atoms with Crippen molar-refractivity contribution in [3.63, 3.8) is 0 Å². The largest absolute Gasteiger partial charge is 0.481 e. The van der Waals surface area contributed by atoms with Crippen LogP contribution in [0.1, 0.15) is 62.3 Å². The molecule has 1 aliphatic heterocycles. The van der Waals surface area contributed by atoms with E-state index < -0.39 is 28.9 Å². The number of rotatable bonds is 6. The number of methoxy groups -OCH3 is 1. The number of aliphatic carboxylic acids is 1. The van der Waals surface area contributed by atoms with E-state index in [0.717, 1.165) is 46.4 Å². The molecule has 0 saturated carbocycles. The van der Waals surface area contributed by atoms with Crippen LogP contribution >= 0.6 is 11.8 Å². The van der Waals surface area contributed by atoms with Crippen LogP contribution < -0.4 is 10.5 Å². The fraction of sp³-hybridized carbons (Fsp3) is 0.410. The Balaban J connectivity index is 1.60. The lowest BCUT2D eigenvalue weighted by molar-refractivity contribution is -0.143. The monoisotopic (exact) mass is 704 g/mol. The average molecular weight is 705 g/mol. The molecule has 11 heteroatoms. The van der Waals surface area contributed by atoms with Crippen molar-refractivity contribution in [2.24, 2.45) is 27.1 Å². The van der Waals surface area contributed by atoms with Crippen LogP contribution in [0.5, 0.6) is 11.5 Å². The molecule has 0 saturated heterocycles. The Hall–Kier alpha value is -4.22. The summed E-state index contributed by atoms with van der Waals surface area (Å²) in [5, 5.41) is 10.6. The molecule has 2 unspecified atom stereocenters. The predicted molar refractivity (Wildman–Crippen MR) is 198 cm³/mol. The summed E-state index contributed by atoms with van der Waals surface area (Å²) in [6.45, 7) is 6.59. The second-order valence-electron chi connectivity index (χ2n) is 13.9. The SMILES string of the molecule is CN=C1N=C(N)C(C)(c2cccc(CC(COC)C(=O)O)c2)CCCC(C)(C)CSCCc2c(c(F)cc3[nH]ccc23)Oc2ccc(F)c1c2. The van der Waals surface area contributed by atoms with E-state index in [9.17, 15) is 9.90 Å². The Labute approximate surface area is 296 Å². The molecule has 0 amide bonds. The zero-order valence-corrected chi connectivity index (χ0v) is 30.1. The molecule has 2 atom stereocenters. The number of nitrogens with zero attached hydrogens (tertiary/aromatic N) is 2. The predicted octanol–water partition coefficient (Wildman–Crippen LogP) is 8.31. The molecule has 2 bridgehead atoms. The van der Waals surface area contributed by atoms with Gasteiger partial charge in [0.15, 0.2) is 17.4 Å². The van der Waals surface area contributed by atoms with E-state index in [2.05, 4.69) is 23.8 Å². The Bertz CT molecular complexity index is 1910. The Kier molecular flexibility index (Phi) is 11.7. The number of ether oxygens (including phenoxy) is 2. The van der Waals surface area contributed by atoms with E-state index in [0.29, 0.717) is 18.4 Å².